The van der Waals surface area contributed by atoms with Gasteiger partial charge in [-0.3, -0.25) is 0 Å². The molecule has 0 unspecified atom stereocenters. The number of ether oxygens (including phenoxy) is 1. The van der Waals surface area contributed by atoms with Gasteiger partial charge in [-0.25, -0.2) is 0 Å². The third-order valence-corrected chi connectivity index (χ3v) is 6.38. The van der Waals surface area contributed by atoms with Crippen LogP contribution in [0.4, 0.5) is 0 Å². The zero-order valence-corrected chi connectivity index (χ0v) is 17.9. The molecule has 142 valence electrons. The molecule has 1 fully saturated rings. The van der Waals surface area contributed by atoms with Crippen LogP contribution in [0.3, 0.4) is 0 Å². The van der Waals surface area contributed by atoms with Gasteiger partial charge in [0, 0.05) is 48.1 Å². The van der Waals surface area contributed by atoms with Crippen LogP contribution in [0.15, 0.2) is 46.9 Å². The minimum Gasteiger partial charge on any atom is -0.493 e. The van der Waals surface area contributed by atoms with Crippen molar-refractivity contribution < 1.29 is 4.74 Å². The summed E-state index contributed by atoms with van der Waals surface area (Å²) in [6.45, 7) is 6.55. The van der Waals surface area contributed by atoms with Crippen LogP contribution >= 0.6 is 27.5 Å². The van der Waals surface area contributed by atoms with Gasteiger partial charge in [-0.2, -0.15) is 4.37 Å². The van der Waals surface area contributed by atoms with Crippen molar-refractivity contribution in [3.8, 4) is 17.0 Å². The van der Waals surface area contributed by atoms with E-state index in [0.29, 0.717) is 0 Å². The van der Waals surface area contributed by atoms with E-state index in [1.807, 2.05) is 0 Å². The van der Waals surface area contributed by atoms with Crippen LogP contribution in [-0.2, 0) is 0 Å². The first-order valence-corrected chi connectivity index (χ1v) is 10.9. The smallest absolute Gasteiger partial charge is 0.120 e. The van der Waals surface area contributed by atoms with E-state index < -0.39 is 0 Å². The minimum atomic E-state index is 0.760. The molecule has 0 bridgehead atoms. The lowest BCUT2D eigenvalue weighted by atomic mass is 10.1. The van der Waals surface area contributed by atoms with Gasteiger partial charge >= 0.3 is 0 Å². The summed E-state index contributed by atoms with van der Waals surface area (Å²) in [6, 6.07) is 14.6. The molecule has 2 aromatic carbocycles. The van der Waals surface area contributed by atoms with E-state index in [9.17, 15) is 0 Å². The molecule has 1 saturated heterocycles. The molecule has 3 aromatic rings. The van der Waals surface area contributed by atoms with Gasteiger partial charge in [-0.05, 0) is 55.3 Å². The molecule has 0 N–H and O–H groups in total. The number of nitrogens with zero attached hydrogens (tertiary/aromatic N) is 3. The third-order valence-electron chi connectivity index (χ3n) is 5.04. The van der Waals surface area contributed by atoms with Gasteiger partial charge in [0.1, 0.15) is 5.75 Å². The number of aromatic nitrogens is 1. The molecular formula is C21H24BrN3OS. The fraction of sp³-hybridized carbons (Fsp3) is 0.381. The van der Waals surface area contributed by atoms with E-state index >= 15 is 0 Å². The maximum absolute atomic E-state index is 5.99. The van der Waals surface area contributed by atoms with Crippen molar-refractivity contribution >= 4 is 37.5 Å². The van der Waals surface area contributed by atoms with Gasteiger partial charge in [0.05, 0.1) is 17.0 Å². The first kappa shape index (κ1) is 18.9. The second-order valence-electron chi connectivity index (χ2n) is 7.04. The number of hydrogen-bond donors (Lipinski definition) is 0. The Bertz CT molecular complexity index is 888. The van der Waals surface area contributed by atoms with Crippen LogP contribution in [-0.4, -0.2) is 60.6 Å². The van der Waals surface area contributed by atoms with Crippen LogP contribution in [0.25, 0.3) is 21.3 Å². The summed E-state index contributed by atoms with van der Waals surface area (Å²) in [7, 11) is 2.19. The van der Waals surface area contributed by atoms with Gasteiger partial charge in [-0.1, -0.05) is 28.1 Å². The van der Waals surface area contributed by atoms with Crippen molar-refractivity contribution in [2.75, 3.05) is 46.4 Å². The van der Waals surface area contributed by atoms with E-state index in [4.69, 9.17) is 4.74 Å². The number of likely N-dealkylation sites (N-methyl/N-ethyl adjacent to an activating group) is 1. The molecule has 2 heterocycles. The van der Waals surface area contributed by atoms with Gasteiger partial charge in [0.2, 0.25) is 0 Å². The van der Waals surface area contributed by atoms with Crippen LogP contribution < -0.4 is 4.74 Å². The molecule has 27 heavy (non-hydrogen) atoms. The maximum Gasteiger partial charge on any atom is 0.120 e. The first-order valence-electron chi connectivity index (χ1n) is 9.38. The zero-order valence-electron chi connectivity index (χ0n) is 15.5. The highest BCUT2D eigenvalue weighted by molar-refractivity contribution is 9.10. The van der Waals surface area contributed by atoms with Crippen molar-refractivity contribution in [1.29, 1.82) is 0 Å². The molecule has 4 rings (SSSR count). The van der Waals surface area contributed by atoms with Crippen molar-refractivity contribution in [3.05, 3.63) is 46.9 Å². The standard InChI is InChI=1S/C21H24BrN3OS/c1-24-10-12-25(13-11-24)9-2-14-26-18-7-8-19-20(15-18)27-23-21(19)16-3-5-17(22)6-4-16/h3-8,15H,2,9-14H2,1H3. The molecular weight excluding hydrogens is 422 g/mol. The lowest BCUT2D eigenvalue weighted by molar-refractivity contribution is 0.145. The summed E-state index contributed by atoms with van der Waals surface area (Å²) in [4.78, 5) is 4.92. The van der Waals surface area contributed by atoms with Crippen molar-refractivity contribution in [3.63, 3.8) is 0 Å². The summed E-state index contributed by atoms with van der Waals surface area (Å²) in [5.74, 6) is 0.937. The van der Waals surface area contributed by atoms with Crippen molar-refractivity contribution in [2.24, 2.45) is 0 Å². The van der Waals surface area contributed by atoms with Gasteiger partial charge < -0.3 is 14.5 Å². The molecule has 0 atom stereocenters. The normalized spacial score (nSPS) is 16.1. The molecule has 1 aliphatic rings. The SMILES string of the molecule is CN1CCN(CCCOc2ccc3c(-c4ccc(Br)cc4)nsc3c2)CC1. The first-order chi connectivity index (χ1) is 13.2. The zero-order chi connectivity index (χ0) is 18.6. The Morgan fingerprint density at radius 2 is 1.85 bits per heavy atom. The Labute approximate surface area is 173 Å². The number of benzene rings is 2. The predicted molar refractivity (Wildman–Crippen MR) is 117 cm³/mol. The minimum absolute atomic E-state index is 0.760. The molecule has 0 aliphatic carbocycles. The molecule has 0 spiro atoms. The summed E-state index contributed by atoms with van der Waals surface area (Å²) in [6.07, 6.45) is 1.06. The lowest BCUT2D eigenvalue weighted by Crippen LogP contribution is -2.44. The highest BCUT2D eigenvalue weighted by Gasteiger charge is 2.13. The molecule has 6 heteroatoms. The summed E-state index contributed by atoms with van der Waals surface area (Å²) in [5.41, 5.74) is 2.19. The number of piperazine rings is 1. The van der Waals surface area contributed by atoms with Crippen LogP contribution in [0, 0.1) is 0 Å². The van der Waals surface area contributed by atoms with E-state index in [1.165, 1.54) is 47.8 Å². The fourth-order valence-corrected chi connectivity index (χ4v) is 4.46. The predicted octanol–water partition coefficient (Wildman–Crippen LogP) is 4.74. The molecule has 0 radical (unpaired) electrons. The monoisotopic (exact) mass is 445 g/mol. The van der Waals surface area contributed by atoms with E-state index in [0.717, 1.165) is 41.1 Å². The Hall–Kier alpha value is -1.47. The van der Waals surface area contributed by atoms with E-state index in [-0.39, 0.29) is 0 Å². The van der Waals surface area contributed by atoms with E-state index in [2.05, 4.69) is 79.6 Å². The number of halogens is 1. The van der Waals surface area contributed by atoms with Gasteiger partial charge in [-0.15, -0.1) is 0 Å². The molecule has 0 saturated carbocycles. The number of fused-ring (bicyclic) bond motifs is 1. The summed E-state index contributed by atoms with van der Waals surface area (Å²) in [5, 5.41) is 1.19. The summed E-state index contributed by atoms with van der Waals surface area (Å²) < 4.78 is 12.9. The second-order valence-corrected chi connectivity index (χ2v) is 8.76. The second kappa shape index (κ2) is 8.69. The maximum atomic E-state index is 5.99. The largest absolute Gasteiger partial charge is 0.493 e. The van der Waals surface area contributed by atoms with E-state index in [1.54, 1.807) is 0 Å². The highest BCUT2D eigenvalue weighted by Crippen LogP contribution is 2.33. The van der Waals surface area contributed by atoms with Crippen LogP contribution in [0.1, 0.15) is 6.42 Å². The van der Waals surface area contributed by atoms with Crippen molar-refractivity contribution in [2.45, 2.75) is 6.42 Å². The Balaban J connectivity index is 1.34. The number of hydrogen-bond acceptors (Lipinski definition) is 5. The lowest BCUT2D eigenvalue weighted by Gasteiger charge is -2.32. The summed E-state index contributed by atoms with van der Waals surface area (Å²) >= 11 is 5.02. The molecule has 0 amide bonds. The average molecular weight is 446 g/mol. The van der Waals surface area contributed by atoms with Gasteiger partial charge in [0.25, 0.3) is 0 Å². The molecule has 4 nitrogen and oxygen atoms in total. The number of rotatable bonds is 6. The quantitative estimate of drug-likeness (QED) is 0.512. The van der Waals surface area contributed by atoms with Crippen LogP contribution in [0.5, 0.6) is 5.75 Å². The Kier molecular flexibility index (Phi) is 6.08. The third kappa shape index (κ3) is 4.69. The fourth-order valence-electron chi connectivity index (χ4n) is 3.37. The molecule has 1 aliphatic heterocycles. The topological polar surface area (TPSA) is 28.6 Å². The van der Waals surface area contributed by atoms with Gasteiger partial charge in [0.15, 0.2) is 0 Å². The Morgan fingerprint density at radius 3 is 2.63 bits per heavy atom. The van der Waals surface area contributed by atoms with Crippen molar-refractivity contribution in [1.82, 2.24) is 14.2 Å². The highest BCUT2D eigenvalue weighted by atomic mass is 79.9. The average Bonchev–Trinajstić information content (AvgIpc) is 3.10. The Morgan fingerprint density at radius 1 is 1.07 bits per heavy atom. The van der Waals surface area contributed by atoms with Crippen LogP contribution in [0.2, 0.25) is 0 Å². The molecule has 1 aromatic heterocycles.